The van der Waals surface area contributed by atoms with E-state index in [1.54, 1.807) is 25.3 Å². The van der Waals surface area contributed by atoms with E-state index in [2.05, 4.69) is 5.32 Å². The van der Waals surface area contributed by atoms with Crippen LogP contribution in [0.1, 0.15) is 30.1 Å². The molecular formula is C15H21ClN2O2. The second-order valence-electron chi connectivity index (χ2n) is 4.92. The summed E-state index contributed by atoms with van der Waals surface area (Å²) in [6, 6.07) is 5.46. The van der Waals surface area contributed by atoms with Crippen LogP contribution >= 0.6 is 11.6 Å². The number of methoxy groups -OCH3 is 1. The summed E-state index contributed by atoms with van der Waals surface area (Å²) in [6.07, 6.45) is 1.99. The maximum Gasteiger partial charge on any atom is 0.257 e. The first-order valence-electron chi connectivity index (χ1n) is 7.02. The first kappa shape index (κ1) is 15.1. The van der Waals surface area contributed by atoms with Gasteiger partial charge >= 0.3 is 0 Å². The molecule has 1 fully saturated rings. The highest BCUT2D eigenvalue weighted by atomic mass is 35.5. The fourth-order valence-electron chi connectivity index (χ4n) is 2.68. The van der Waals surface area contributed by atoms with E-state index in [4.69, 9.17) is 16.3 Å². The van der Waals surface area contributed by atoms with E-state index in [-0.39, 0.29) is 5.91 Å². The molecule has 20 heavy (non-hydrogen) atoms. The van der Waals surface area contributed by atoms with Gasteiger partial charge in [-0.25, -0.2) is 0 Å². The predicted octanol–water partition coefficient (Wildman–Crippen LogP) is 2.56. The summed E-state index contributed by atoms with van der Waals surface area (Å²) >= 11 is 5.95. The number of hydrogen-bond acceptors (Lipinski definition) is 3. The Morgan fingerprint density at radius 3 is 2.75 bits per heavy atom. The number of halogens is 1. The molecule has 1 aliphatic rings. The Labute approximate surface area is 125 Å². The number of benzene rings is 1. The minimum Gasteiger partial charge on any atom is -0.496 e. The lowest BCUT2D eigenvalue weighted by molar-refractivity contribution is 0.0653. The normalized spacial score (nSPS) is 15.9. The Kier molecular flexibility index (Phi) is 5.26. The third-order valence-corrected chi connectivity index (χ3v) is 3.98. The Balaban J connectivity index is 2.23. The van der Waals surface area contributed by atoms with Crippen molar-refractivity contribution in [3.63, 3.8) is 0 Å². The number of nitrogens with zero attached hydrogens (tertiary/aromatic N) is 1. The zero-order valence-corrected chi connectivity index (χ0v) is 12.7. The monoisotopic (exact) mass is 296 g/mol. The molecule has 1 saturated heterocycles. The molecule has 0 aliphatic carbocycles. The quantitative estimate of drug-likeness (QED) is 0.928. The van der Waals surface area contributed by atoms with Crippen molar-refractivity contribution in [2.24, 2.45) is 0 Å². The SMILES string of the molecule is CCN(C(=O)c1ccc(Cl)cc1OC)C1CCNCC1. The van der Waals surface area contributed by atoms with Gasteiger partial charge in [0.25, 0.3) is 5.91 Å². The van der Waals surface area contributed by atoms with Gasteiger partial charge in [-0.15, -0.1) is 0 Å². The molecule has 0 unspecified atom stereocenters. The summed E-state index contributed by atoms with van der Waals surface area (Å²) < 4.78 is 5.29. The molecule has 1 N–H and O–H groups in total. The van der Waals surface area contributed by atoms with Gasteiger partial charge in [0.1, 0.15) is 5.75 Å². The molecule has 5 heteroatoms. The molecule has 0 aromatic heterocycles. The predicted molar refractivity (Wildman–Crippen MR) is 80.6 cm³/mol. The van der Waals surface area contributed by atoms with Gasteiger partial charge in [-0.2, -0.15) is 0 Å². The number of carbonyl (C=O) groups is 1. The van der Waals surface area contributed by atoms with Crippen LogP contribution in [0.3, 0.4) is 0 Å². The van der Waals surface area contributed by atoms with E-state index in [1.165, 1.54) is 0 Å². The van der Waals surface area contributed by atoms with Crippen LogP contribution in [0.4, 0.5) is 0 Å². The van der Waals surface area contributed by atoms with Crippen molar-refractivity contribution in [3.05, 3.63) is 28.8 Å². The molecule has 4 nitrogen and oxygen atoms in total. The van der Waals surface area contributed by atoms with E-state index in [0.29, 0.717) is 28.9 Å². The molecule has 110 valence electrons. The van der Waals surface area contributed by atoms with Gasteiger partial charge in [-0.1, -0.05) is 11.6 Å². The van der Waals surface area contributed by atoms with E-state index in [1.807, 2.05) is 11.8 Å². The zero-order valence-electron chi connectivity index (χ0n) is 12.0. The zero-order chi connectivity index (χ0) is 14.5. The summed E-state index contributed by atoms with van der Waals surface area (Å²) in [5.74, 6) is 0.558. The summed E-state index contributed by atoms with van der Waals surface area (Å²) in [6.45, 7) is 4.65. The third kappa shape index (κ3) is 3.25. The summed E-state index contributed by atoms with van der Waals surface area (Å²) in [5, 5.41) is 3.89. The first-order valence-corrected chi connectivity index (χ1v) is 7.40. The van der Waals surface area contributed by atoms with Crippen LogP contribution in [0, 0.1) is 0 Å². The smallest absolute Gasteiger partial charge is 0.257 e. The maximum atomic E-state index is 12.7. The van der Waals surface area contributed by atoms with Crippen molar-refractivity contribution in [1.29, 1.82) is 0 Å². The Morgan fingerprint density at radius 1 is 1.45 bits per heavy atom. The second kappa shape index (κ2) is 6.95. The van der Waals surface area contributed by atoms with Crippen molar-refractivity contribution in [3.8, 4) is 5.75 Å². The molecule has 1 aliphatic heterocycles. The molecule has 0 saturated carbocycles. The van der Waals surface area contributed by atoms with Gasteiger partial charge in [0.05, 0.1) is 12.7 Å². The Hall–Kier alpha value is -1.26. The molecule has 0 atom stereocenters. The summed E-state index contributed by atoms with van der Waals surface area (Å²) in [7, 11) is 1.56. The average molecular weight is 297 g/mol. The first-order chi connectivity index (χ1) is 9.67. The van der Waals surface area contributed by atoms with Crippen molar-refractivity contribution < 1.29 is 9.53 Å². The van der Waals surface area contributed by atoms with Gasteiger partial charge < -0.3 is 15.0 Å². The van der Waals surface area contributed by atoms with Gasteiger partial charge in [-0.3, -0.25) is 4.79 Å². The van der Waals surface area contributed by atoms with Crippen molar-refractivity contribution >= 4 is 17.5 Å². The van der Waals surface area contributed by atoms with Crippen molar-refractivity contribution in [2.75, 3.05) is 26.7 Å². The number of nitrogens with one attached hydrogen (secondary N) is 1. The molecule has 2 rings (SSSR count). The lowest BCUT2D eigenvalue weighted by Crippen LogP contribution is -2.46. The van der Waals surface area contributed by atoms with E-state index in [9.17, 15) is 4.79 Å². The Bertz CT molecular complexity index is 473. The van der Waals surface area contributed by atoms with Crippen LogP contribution in [-0.2, 0) is 0 Å². The summed E-state index contributed by atoms with van der Waals surface area (Å²) in [5.41, 5.74) is 0.581. The second-order valence-corrected chi connectivity index (χ2v) is 5.35. The average Bonchev–Trinajstić information content (AvgIpc) is 2.48. The lowest BCUT2D eigenvalue weighted by Gasteiger charge is -2.34. The molecule has 1 aromatic rings. The number of amides is 1. The molecule has 0 bridgehead atoms. The van der Waals surface area contributed by atoms with Crippen LogP contribution in [-0.4, -0.2) is 43.6 Å². The van der Waals surface area contributed by atoms with Crippen molar-refractivity contribution in [1.82, 2.24) is 10.2 Å². The molecule has 0 spiro atoms. The Morgan fingerprint density at radius 2 is 2.15 bits per heavy atom. The highest BCUT2D eigenvalue weighted by Gasteiger charge is 2.26. The number of carbonyl (C=O) groups excluding carboxylic acids is 1. The molecule has 1 heterocycles. The van der Waals surface area contributed by atoms with Gasteiger partial charge in [0.2, 0.25) is 0 Å². The molecule has 0 radical (unpaired) electrons. The summed E-state index contributed by atoms with van der Waals surface area (Å²) in [4.78, 5) is 14.7. The van der Waals surface area contributed by atoms with E-state index < -0.39 is 0 Å². The topological polar surface area (TPSA) is 41.6 Å². The fraction of sp³-hybridized carbons (Fsp3) is 0.533. The van der Waals surface area contributed by atoms with Crippen LogP contribution in [0.5, 0.6) is 5.75 Å². The number of ether oxygens (including phenoxy) is 1. The van der Waals surface area contributed by atoms with Gasteiger partial charge in [0, 0.05) is 17.6 Å². The van der Waals surface area contributed by atoms with Crippen LogP contribution < -0.4 is 10.1 Å². The van der Waals surface area contributed by atoms with Gasteiger partial charge in [0.15, 0.2) is 0 Å². The number of rotatable bonds is 4. The van der Waals surface area contributed by atoms with Crippen LogP contribution in [0.15, 0.2) is 18.2 Å². The minimum absolute atomic E-state index is 0.0212. The maximum absolute atomic E-state index is 12.7. The minimum atomic E-state index is 0.0212. The third-order valence-electron chi connectivity index (χ3n) is 3.74. The van der Waals surface area contributed by atoms with E-state index in [0.717, 1.165) is 25.9 Å². The van der Waals surface area contributed by atoms with Crippen LogP contribution in [0.2, 0.25) is 5.02 Å². The number of piperidine rings is 1. The van der Waals surface area contributed by atoms with Crippen LogP contribution in [0.25, 0.3) is 0 Å². The van der Waals surface area contributed by atoms with Crippen molar-refractivity contribution in [2.45, 2.75) is 25.8 Å². The largest absolute Gasteiger partial charge is 0.496 e. The standard InChI is InChI=1S/C15H21ClN2O2/c1-3-18(12-6-8-17-9-7-12)15(19)13-5-4-11(16)10-14(13)20-2/h4-5,10,12,17H,3,6-9H2,1-2H3. The van der Waals surface area contributed by atoms with E-state index >= 15 is 0 Å². The molecular weight excluding hydrogens is 276 g/mol. The van der Waals surface area contributed by atoms with Gasteiger partial charge in [-0.05, 0) is 51.1 Å². The molecule has 1 amide bonds. The highest BCUT2D eigenvalue weighted by Crippen LogP contribution is 2.26. The number of hydrogen-bond donors (Lipinski definition) is 1. The molecule has 1 aromatic carbocycles. The lowest BCUT2D eigenvalue weighted by atomic mass is 10.0. The highest BCUT2D eigenvalue weighted by molar-refractivity contribution is 6.30. The fourth-order valence-corrected chi connectivity index (χ4v) is 2.84.